The van der Waals surface area contributed by atoms with Crippen LogP contribution in [-0.2, 0) is 0 Å². The molecule has 2 rings (SSSR count). The molecule has 0 heterocycles. The largest absolute Gasteiger partial charge is 0.497 e. The molecule has 0 radical (unpaired) electrons. The van der Waals surface area contributed by atoms with Gasteiger partial charge in [-0.05, 0) is 52.3 Å². The van der Waals surface area contributed by atoms with Crippen LogP contribution >= 0.6 is 27.5 Å². The van der Waals surface area contributed by atoms with Crippen LogP contribution in [-0.4, -0.2) is 13.1 Å². The fraction of sp³-hybridized carbons (Fsp3) is 0.0714. The lowest BCUT2D eigenvalue weighted by atomic mass is 10.3. The van der Waals surface area contributed by atoms with Crippen molar-refractivity contribution in [2.45, 2.75) is 0 Å². The Balaban J connectivity index is 2.06. The minimum Gasteiger partial charge on any atom is -0.497 e. The quantitative estimate of drug-likeness (QED) is 0.834. The summed E-state index contributed by atoms with van der Waals surface area (Å²) in [5, 5.41) is 6.07. The van der Waals surface area contributed by atoms with Crippen molar-refractivity contribution < 1.29 is 9.53 Å². The molecule has 0 aromatic heterocycles. The lowest BCUT2D eigenvalue weighted by Crippen LogP contribution is -2.19. The summed E-state index contributed by atoms with van der Waals surface area (Å²) in [6.45, 7) is 0. The Morgan fingerprint density at radius 3 is 2.50 bits per heavy atom. The first-order valence-electron chi connectivity index (χ1n) is 5.75. The zero-order valence-corrected chi connectivity index (χ0v) is 13.0. The highest BCUT2D eigenvalue weighted by Crippen LogP contribution is 2.27. The van der Waals surface area contributed by atoms with Gasteiger partial charge in [-0.1, -0.05) is 11.6 Å². The molecule has 2 aromatic rings. The number of hydrogen-bond acceptors (Lipinski definition) is 2. The third-order valence-electron chi connectivity index (χ3n) is 2.52. The number of benzene rings is 2. The second kappa shape index (κ2) is 6.63. The van der Waals surface area contributed by atoms with E-state index in [0.717, 1.165) is 4.47 Å². The summed E-state index contributed by atoms with van der Waals surface area (Å²) in [4.78, 5) is 11.9. The molecule has 104 valence electrons. The van der Waals surface area contributed by atoms with Gasteiger partial charge in [0.15, 0.2) is 0 Å². The van der Waals surface area contributed by atoms with E-state index in [4.69, 9.17) is 16.3 Å². The second-order valence-electron chi connectivity index (χ2n) is 3.93. The number of anilines is 2. The molecule has 0 saturated carbocycles. The lowest BCUT2D eigenvalue weighted by molar-refractivity contribution is 0.262. The van der Waals surface area contributed by atoms with Gasteiger partial charge in [-0.25, -0.2) is 4.79 Å². The Kier molecular flexibility index (Phi) is 4.87. The van der Waals surface area contributed by atoms with Crippen molar-refractivity contribution in [3.63, 3.8) is 0 Å². The Morgan fingerprint density at radius 2 is 1.85 bits per heavy atom. The highest BCUT2D eigenvalue weighted by Gasteiger charge is 2.07. The van der Waals surface area contributed by atoms with Crippen molar-refractivity contribution in [1.82, 2.24) is 0 Å². The molecule has 20 heavy (non-hydrogen) atoms. The van der Waals surface area contributed by atoms with Crippen molar-refractivity contribution in [1.29, 1.82) is 0 Å². The fourth-order valence-electron chi connectivity index (χ4n) is 1.55. The summed E-state index contributed by atoms with van der Waals surface area (Å²) >= 11 is 9.15. The molecular formula is C14H12BrClN2O2. The van der Waals surface area contributed by atoms with Crippen LogP contribution in [0.3, 0.4) is 0 Å². The predicted octanol–water partition coefficient (Wildman–Crippen LogP) is 4.76. The van der Waals surface area contributed by atoms with Gasteiger partial charge in [-0.15, -0.1) is 0 Å². The highest BCUT2D eigenvalue weighted by atomic mass is 79.9. The number of halogens is 2. The molecule has 0 spiro atoms. The van der Waals surface area contributed by atoms with Crippen molar-refractivity contribution in [2.75, 3.05) is 17.7 Å². The Labute approximate surface area is 130 Å². The van der Waals surface area contributed by atoms with Crippen LogP contribution < -0.4 is 15.4 Å². The lowest BCUT2D eigenvalue weighted by Gasteiger charge is -2.10. The van der Waals surface area contributed by atoms with Gasteiger partial charge < -0.3 is 15.4 Å². The number of nitrogens with one attached hydrogen (secondary N) is 2. The molecule has 0 unspecified atom stereocenters. The van der Waals surface area contributed by atoms with Crippen molar-refractivity contribution in [3.05, 3.63) is 52.0 Å². The molecule has 4 nitrogen and oxygen atoms in total. The fourth-order valence-corrected chi connectivity index (χ4v) is 2.02. The molecule has 2 N–H and O–H groups in total. The molecule has 2 aromatic carbocycles. The van der Waals surface area contributed by atoms with E-state index in [9.17, 15) is 4.79 Å². The van der Waals surface area contributed by atoms with Crippen LogP contribution in [0.5, 0.6) is 5.75 Å². The van der Waals surface area contributed by atoms with Gasteiger partial charge in [-0.3, -0.25) is 0 Å². The van der Waals surface area contributed by atoms with E-state index in [0.29, 0.717) is 22.1 Å². The SMILES string of the molecule is COc1ccc(Br)c(NC(=O)Nc2ccc(Cl)cc2)c1. The zero-order chi connectivity index (χ0) is 14.5. The minimum absolute atomic E-state index is 0.346. The Morgan fingerprint density at radius 1 is 1.15 bits per heavy atom. The van der Waals surface area contributed by atoms with Crippen LogP contribution in [0.25, 0.3) is 0 Å². The van der Waals surface area contributed by atoms with E-state index in [2.05, 4.69) is 26.6 Å². The van der Waals surface area contributed by atoms with E-state index in [1.54, 1.807) is 49.6 Å². The first-order valence-corrected chi connectivity index (χ1v) is 6.92. The minimum atomic E-state index is -0.346. The predicted molar refractivity (Wildman–Crippen MR) is 84.8 cm³/mol. The number of ether oxygens (including phenoxy) is 1. The van der Waals surface area contributed by atoms with Gasteiger partial charge in [0.25, 0.3) is 0 Å². The van der Waals surface area contributed by atoms with Crippen LogP contribution in [0.1, 0.15) is 0 Å². The number of carbonyl (C=O) groups is 1. The average molecular weight is 356 g/mol. The molecule has 2 amide bonds. The smallest absolute Gasteiger partial charge is 0.323 e. The highest BCUT2D eigenvalue weighted by molar-refractivity contribution is 9.10. The van der Waals surface area contributed by atoms with Gasteiger partial charge in [0.1, 0.15) is 5.75 Å². The Bertz CT molecular complexity index is 617. The molecule has 0 aliphatic carbocycles. The molecular weight excluding hydrogens is 344 g/mol. The van der Waals surface area contributed by atoms with E-state index in [1.165, 1.54) is 0 Å². The molecule has 0 aliphatic rings. The average Bonchev–Trinajstić information content (AvgIpc) is 2.44. The molecule has 0 bridgehead atoms. The Hall–Kier alpha value is -1.72. The summed E-state index contributed by atoms with van der Waals surface area (Å²) in [5.41, 5.74) is 1.28. The topological polar surface area (TPSA) is 50.4 Å². The van der Waals surface area contributed by atoms with Gasteiger partial charge in [0.05, 0.1) is 12.8 Å². The summed E-state index contributed by atoms with van der Waals surface area (Å²) in [6.07, 6.45) is 0. The molecule has 0 aliphatic heterocycles. The maximum atomic E-state index is 11.9. The van der Waals surface area contributed by atoms with Gasteiger partial charge in [0.2, 0.25) is 0 Å². The summed E-state index contributed by atoms with van der Waals surface area (Å²) in [6, 6.07) is 11.8. The number of amides is 2. The van der Waals surface area contributed by atoms with Crippen LogP contribution in [0.4, 0.5) is 16.2 Å². The summed E-state index contributed by atoms with van der Waals surface area (Å²) in [7, 11) is 1.57. The first-order chi connectivity index (χ1) is 9.58. The standard InChI is InChI=1S/C14H12BrClN2O2/c1-20-11-6-7-12(15)13(8-11)18-14(19)17-10-4-2-9(16)3-5-10/h2-8H,1H3,(H2,17,18,19). The van der Waals surface area contributed by atoms with Crippen LogP contribution in [0, 0.1) is 0 Å². The normalized spacial score (nSPS) is 9.95. The van der Waals surface area contributed by atoms with Crippen LogP contribution in [0.2, 0.25) is 5.02 Å². The van der Waals surface area contributed by atoms with Crippen molar-refractivity contribution in [2.24, 2.45) is 0 Å². The third kappa shape index (κ3) is 3.88. The maximum absolute atomic E-state index is 11.9. The van der Waals surface area contributed by atoms with Crippen LogP contribution in [0.15, 0.2) is 46.9 Å². The molecule has 0 atom stereocenters. The van der Waals surface area contributed by atoms with Gasteiger partial charge >= 0.3 is 6.03 Å². The maximum Gasteiger partial charge on any atom is 0.323 e. The third-order valence-corrected chi connectivity index (χ3v) is 3.47. The zero-order valence-electron chi connectivity index (χ0n) is 10.6. The number of rotatable bonds is 3. The van der Waals surface area contributed by atoms with E-state index in [-0.39, 0.29) is 6.03 Å². The van der Waals surface area contributed by atoms with Crippen molar-refractivity contribution >= 4 is 44.9 Å². The summed E-state index contributed by atoms with van der Waals surface area (Å²) < 4.78 is 5.88. The van der Waals surface area contributed by atoms with Gasteiger partial charge in [-0.2, -0.15) is 0 Å². The monoisotopic (exact) mass is 354 g/mol. The second-order valence-corrected chi connectivity index (χ2v) is 5.22. The molecule has 0 saturated heterocycles. The van der Waals surface area contributed by atoms with Crippen molar-refractivity contribution in [3.8, 4) is 5.75 Å². The first kappa shape index (κ1) is 14.7. The molecule has 0 fully saturated rings. The van der Waals surface area contributed by atoms with E-state index >= 15 is 0 Å². The number of methoxy groups -OCH3 is 1. The number of urea groups is 1. The number of hydrogen-bond donors (Lipinski definition) is 2. The van der Waals surface area contributed by atoms with Gasteiger partial charge in [0, 0.05) is 21.2 Å². The van der Waals surface area contributed by atoms with E-state index < -0.39 is 0 Å². The molecule has 6 heteroatoms. The van der Waals surface area contributed by atoms with E-state index in [1.807, 2.05) is 0 Å². The summed E-state index contributed by atoms with van der Waals surface area (Å²) in [5.74, 6) is 0.662. The number of carbonyl (C=O) groups excluding carboxylic acids is 1.